The van der Waals surface area contributed by atoms with Crippen LogP contribution in [0.25, 0.3) is 0 Å². The summed E-state index contributed by atoms with van der Waals surface area (Å²) in [5, 5.41) is 0.655. The molecule has 0 saturated heterocycles. The van der Waals surface area contributed by atoms with Crippen molar-refractivity contribution < 1.29 is 4.79 Å². The van der Waals surface area contributed by atoms with E-state index in [1.807, 2.05) is 68.4 Å². The zero-order chi connectivity index (χ0) is 14.7. The van der Waals surface area contributed by atoms with Gasteiger partial charge in [-0.05, 0) is 36.2 Å². The molecule has 2 aromatic carbocycles. The quantitative estimate of drug-likeness (QED) is 0.788. The number of aryl methyl sites for hydroxylation is 1. The van der Waals surface area contributed by atoms with E-state index in [1.54, 1.807) is 0 Å². The molecule has 0 bridgehead atoms. The third-order valence-corrected chi connectivity index (χ3v) is 3.60. The molecular weight excluding hydrogens is 270 g/mol. The lowest BCUT2D eigenvalue weighted by Crippen LogP contribution is -2.10. The first-order chi connectivity index (χ1) is 9.47. The maximum absolute atomic E-state index is 12.3. The molecule has 0 radical (unpaired) electrons. The van der Waals surface area contributed by atoms with E-state index in [2.05, 4.69) is 0 Å². The van der Waals surface area contributed by atoms with Crippen LogP contribution in [-0.4, -0.2) is 19.9 Å². The highest BCUT2D eigenvalue weighted by Gasteiger charge is 2.10. The van der Waals surface area contributed by atoms with Crippen molar-refractivity contribution in [3.05, 3.63) is 64.2 Å². The Bertz CT molecular complexity index is 635. The average Bonchev–Trinajstić information content (AvgIpc) is 2.42. The van der Waals surface area contributed by atoms with Gasteiger partial charge in [0.2, 0.25) is 0 Å². The average molecular weight is 288 g/mol. The van der Waals surface area contributed by atoms with Gasteiger partial charge in [0.1, 0.15) is 0 Å². The fraction of sp³-hybridized carbons (Fsp3) is 0.235. The normalized spacial score (nSPS) is 10.4. The summed E-state index contributed by atoms with van der Waals surface area (Å²) in [4.78, 5) is 14.3. The highest BCUT2D eigenvalue weighted by Crippen LogP contribution is 2.21. The largest absolute Gasteiger partial charge is 0.378 e. The van der Waals surface area contributed by atoms with E-state index in [0.29, 0.717) is 17.0 Å². The second-order valence-corrected chi connectivity index (χ2v) is 5.55. The molecule has 0 N–H and O–H groups in total. The van der Waals surface area contributed by atoms with Gasteiger partial charge in [0.25, 0.3) is 0 Å². The van der Waals surface area contributed by atoms with Crippen molar-refractivity contribution >= 4 is 23.1 Å². The number of hydrogen-bond donors (Lipinski definition) is 0. The van der Waals surface area contributed by atoms with E-state index in [-0.39, 0.29) is 5.78 Å². The Morgan fingerprint density at radius 3 is 2.55 bits per heavy atom. The van der Waals surface area contributed by atoms with Crippen LogP contribution < -0.4 is 4.90 Å². The second-order valence-electron chi connectivity index (χ2n) is 5.14. The Labute approximate surface area is 125 Å². The fourth-order valence-corrected chi connectivity index (χ4v) is 2.33. The molecule has 0 aliphatic heterocycles. The maximum atomic E-state index is 12.3. The summed E-state index contributed by atoms with van der Waals surface area (Å²) in [6, 6.07) is 13.4. The fourth-order valence-electron chi connectivity index (χ4n) is 2.03. The first kappa shape index (κ1) is 14.6. The molecule has 0 unspecified atom stereocenters. The van der Waals surface area contributed by atoms with E-state index in [4.69, 9.17) is 11.6 Å². The Balaban J connectivity index is 2.21. The van der Waals surface area contributed by atoms with E-state index < -0.39 is 0 Å². The van der Waals surface area contributed by atoms with Gasteiger partial charge in [-0.1, -0.05) is 35.9 Å². The summed E-state index contributed by atoms with van der Waals surface area (Å²) in [6.45, 7) is 1.98. The van der Waals surface area contributed by atoms with Gasteiger partial charge in [0.05, 0.1) is 0 Å². The first-order valence-electron chi connectivity index (χ1n) is 6.53. The Hall–Kier alpha value is -1.80. The maximum Gasteiger partial charge on any atom is 0.167 e. The third-order valence-electron chi connectivity index (χ3n) is 3.24. The summed E-state index contributed by atoms with van der Waals surface area (Å²) in [5.41, 5.74) is 3.71. The molecule has 2 aromatic rings. The van der Waals surface area contributed by atoms with Gasteiger partial charge < -0.3 is 4.90 Å². The van der Waals surface area contributed by atoms with Crippen molar-refractivity contribution in [3.8, 4) is 0 Å². The minimum Gasteiger partial charge on any atom is -0.378 e. The van der Waals surface area contributed by atoms with Crippen molar-refractivity contribution in [2.45, 2.75) is 13.3 Å². The lowest BCUT2D eigenvalue weighted by atomic mass is 10.0. The molecular formula is C17H18ClNO. The molecule has 0 atom stereocenters. The number of rotatable bonds is 4. The van der Waals surface area contributed by atoms with Gasteiger partial charge >= 0.3 is 0 Å². The van der Waals surface area contributed by atoms with Crippen molar-refractivity contribution in [1.82, 2.24) is 0 Å². The number of Topliss-reactive ketones (excluding diaryl/α,β-unsaturated/α-hetero) is 1. The highest BCUT2D eigenvalue weighted by molar-refractivity contribution is 6.31. The molecule has 0 aliphatic carbocycles. The molecule has 104 valence electrons. The van der Waals surface area contributed by atoms with Crippen LogP contribution in [0.4, 0.5) is 5.69 Å². The van der Waals surface area contributed by atoms with Crippen LogP contribution in [0.1, 0.15) is 21.5 Å². The first-order valence-corrected chi connectivity index (χ1v) is 6.91. The van der Waals surface area contributed by atoms with E-state index in [1.165, 1.54) is 0 Å². The molecule has 0 amide bonds. The van der Waals surface area contributed by atoms with E-state index in [9.17, 15) is 4.79 Å². The monoisotopic (exact) mass is 287 g/mol. The lowest BCUT2D eigenvalue weighted by molar-refractivity contribution is 0.0993. The minimum absolute atomic E-state index is 0.0828. The van der Waals surface area contributed by atoms with Crippen LogP contribution >= 0.6 is 11.6 Å². The van der Waals surface area contributed by atoms with Gasteiger partial charge in [0.15, 0.2) is 5.78 Å². The summed E-state index contributed by atoms with van der Waals surface area (Å²) < 4.78 is 0. The molecule has 20 heavy (non-hydrogen) atoms. The third kappa shape index (κ3) is 3.40. The number of nitrogens with zero attached hydrogens (tertiary/aromatic N) is 1. The Kier molecular flexibility index (Phi) is 4.46. The SMILES string of the molecule is Cc1ccc(CC(=O)c2cccc(N(C)C)c2)c(Cl)c1. The van der Waals surface area contributed by atoms with Crippen molar-refractivity contribution in [2.75, 3.05) is 19.0 Å². The molecule has 0 heterocycles. The summed E-state index contributed by atoms with van der Waals surface area (Å²) in [5.74, 6) is 0.0828. The number of hydrogen-bond acceptors (Lipinski definition) is 2. The Morgan fingerprint density at radius 2 is 1.90 bits per heavy atom. The van der Waals surface area contributed by atoms with Crippen LogP contribution in [0.2, 0.25) is 5.02 Å². The van der Waals surface area contributed by atoms with Crippen LogP contribution in [0.15, 0.2) is 42.5 Å². The second kappa shape index (κ2) is 6.10. The molecule has 2 rings (SSSR count). The van der Waals surface area contributed by atoms with Gasteiger partial charge in [-0.25, -0.2) is 0 Å². The molecule has 2 nitrogen and oxygen atoms in total. The van der Waals surface area contributed by atoms with Crippen LogP contribution in [0.5, 0.6) is 0 Å². The number of carbonyl (C=O) groups excluding carboxylic acids is 1. The van der Waals surface area contributed by atoms with Crippen LogP contribution in [0.3, 0.4) is 0 Å². The van der Waals surface area contributed by atoms with Gasteiger partial charge in [-0.15, -0.1) is 0 Å². The molecule has 0 aromatic heterocycles. The molecule has 0 aliphatic rings. The topological polar surface area (TPSA) is 20.3 Å². The zero-order valence-corrected chi connectivity index (χ0v) is 12.7. The summed E-state index contributed by atoms with van der Waals surface area (Å²) >= 11 is 6.18. The molecule has 3 heteroatoms. The molecule has 0 fully saturated rings. The smallest absolute Gasteiger partial charge is 0.167 e. The number of carbonyl (C=O) groups is 1. The van der Waals surface area contributed by atoms with Crippen LogP contribution in [0, 0.1) is 6.92 Å². The predicted octanol–water partition coefficient (Wildman–Crippen LogP) is 4.14. The van der Waals surface area contributed by atoms with Crippen molar-refractivity contribution in [2.24, 2.45) is 0 Å². The number of benzene rings is 2. The molecule has 0 spiro atoms. The lowest BCUT2D eigenvalue weighted by Gasteiger charge is -2.13. The highest BCUT2D eigenvalue weighted by atomic mass is 35.5. The van der Waals surface area contributed by atoms with Crippen molar-refractivity contribution in [3.63, 3.8) is 0 Å². The number of halogens is 1. The zero-order valence-electron chi connectivity index (χ0n) is 12.0. The Morgan fingerprint density at radius 1 is 1.15 bits per heavy atom. The summed E-state index contributed by atoms with van der Waals surface area (Å²) in [7, 11) is 3.92. The van der Waals surface area contributed by atoms with Gasteiger partial charge in [-0.2, -0.15) is 0 Å². The minimum atomic E-state index is 0.0828. The standard InChI is InChI=1S/C17H18ClNO/c1-12-7-8-13(16(18)9-12)11-17(20)14-5-4-6-15(10-14)19(2)3/h4-10H,11H2,1-3H3. The van der Waals surface area contributed by atoms with Gasteiger partial charge in [-0.3, -0.25) is 4.79 Å². The van der Waals surface area contributed by atoms with Crippen LogP contribution in [-0.2, 0) is 6.42 Å². The van der Waals surface area contributed by atoms with Gasteiger partial charge in [0, 0.05) is 36.8 Å². The van der Waals surface area contributed by atoms with Crippen molar-refractivity contribution in [1.29, 1.82) is 0 Å². The predicted molar refractivity (Wildman–Crippen MR) is 85.0 cm³/mol. The molecule has 0 saturated carbocycles. The van der Waals surface area contributed by atoms with E-state index in [0.717, 1.165) is 16.8 Å². The van der Waals surface area contributed by atoms with E-state index >= 15 is 0 Å². The number of anilines is 1. The summed E-state index contributed by atoms with van der Waals surface area (Å²) in [6.07, 6.45) is 0.329. The number of ketones is 1.